The fourth-order valence-corrected chi connectivity index (χ4v) is 5.05. The van der Waals surface area contributed by atoms with Gasteiger partial charge < -0.3 is 9.64 Å². The van der Waals surface area contributed by atoms with Crippen LogP contribution in [0.25, 0.3) is 0 Å². The van der Waals surface area contributed by atoms with E-state index < -0.39 is 0 Å². The second-order valence-electron chi connectivity index (χ2n) is 9.97. The molecule has 2 aliphatic rings. The highest BCUT2D eigenvalue weighted by molar-refractivity contribution is 4.86. The van der Waals surface area contributed by atoms with Gasteiger partial charge in [-0.1, -0.05) is 41.0 Å². The van der Waals surface area contributed by atoms with Crippen molar-refractivity contribution in [3.63, 3.8) is 0 Å². The van der Waals surface area contributed by atoms with Crippen molar-refractivity contribution in [1.29, 1.82) is 0 Å². The van der Waals surface area contributed by atoms with Crippen molar-refractivity contribution in [3.8, 4) is 0 Å². The zero-order valence-corrected chi connectivity index (χ0v) is 16.5. The van der Waals surface area contributed by atoms with Gasteiger partial charge in [-0.25, -0.2) is 0 Å². The summed E-state index contributed by atoms with van der Waals surface area (Å²) >= 11 is 0. The number of likely N-dealkylation sites (tertiary alicyclic amines) is 1. The van der Waals surface area contributed by atoms with Gasteiger partial charge in [0.05, 0.1) is 12.7 Å². The zero-order chi connectivity index (χ0) is 16.9. The summed E-state index contributed by atoms with van der Waals surface area (Å²) in [5, 5.41) is 0. The van der Waals surface area contributed by atoms with Crippen LogP contribution < -0.4 is 0 Å². The first-order chi connectivity index (χ1) is 10.8. The van der Waals surface area contributed by atoms with Gasteiger partial charge in [-0.2, -0.15) is 0 Å². The van der Waals surface area contributed by atoms with Crippen LogP contribution >= 0.6 is 0 Å². The number of hydrogen-bond acceptors (Lipinski definition) is 2. The first-order valence-electron chi connectivity index (χ1n) is 10.1. The number of nitrogens with zero attached hydrogens (tertiary/aromatic N) is 1. The number of piperidine rings is 1. The van der Waals surface area contributed by atoms with Crippen LogP contribution in [0.2, 0.25) is 0 Å². The maximum Gasteiger partial charge on any atom is 0.0597 e. The van der Waals surface area contributed by atoms with Crippen LogP contribution in [-0.4, -0.2) is 37.2 Å². The Morgan fingerprint density at radius 2 is 1.48 bits per heavy atom. The number of hydrogen-bond donors (Lipinski definition) is 0. The number of rotatable bonds is 6. The highest BCUT2D eigenvalue weighted by Crippen LogP contribution is 2.45. The minimum atomic E-state index is 0.436. The van der Waals surface area contributed by atoms with E-state index in [0.717, 1.165) is 19.1 Å². The van der Waals surface area contributed by atoms with Crippen LogP contribution in [0.4, 0.5) is 0 Å². The minimum absolute atomic E-state index is 0.436. The highest BCUT2D eigenvalue weighted by Gasteiger charge is 2.36. The summed E-state index contributed by atoms with van der Waals surface area (Å²) in [5.41, 5.74) is 0.905. The Kier molecular flexibility index (Phi) is 6.98. The summed E-state index contributed by atoms with van der Waals surface area (Å²) in [4.78, 5) is 2.58. The van der Waals surface area contributed by atoms with E-state index in [2.05, 4.69) is 39.5 Å². The normalized spacial score (nSPS) is 28.0. The second-order valence-corrected chi connectivity index (χ2v) is 9.97. The Bertz CT molecular complexity index is 330. The molecule has 0 aromatic rings. The SMILES string of the molecule is CC(C)(C)CC(C)(C)C1CCC(OCCN2CCCCC2)CC1. The molecule has 2 nitrogen and oxygen atoms in total. The Morgan fingerprint density at radius 3 is 2.04 bits per heavy atom. The van der Waals surface area contributed by atoms with Gasteiger partial charge in [-0.15, -0.1) is 0 Å². The largest absolute Gasteiger partial charge is 0.377 e. The third kappa shape index (κ3) is 6.74. The standard InChI is InChI=1S/C21H41NO/c1-20(2,3)17-21(4,5)18-9-11-19(12-10-18)23-16-15-22-13-7-6-8-14-22/h18-19H,6-17H2,1-5H3. The van der Waals surface area contributed by atoms with E-state index in [9.17, 15) is 0 Å². The molecule has 136 valence electrons. The molecule has 0 atom stereocenters. The smallest absolute Gasteiger partial charge is 0.0597 e. The van der Waals surface area contributed by atoms with Crippen LogP contribution in [0.15, 0.2) is 0 Å². The van der Waals surface area contributed by atoms with Crippen molar-refractivity contribution in [3.05, 3.63) is 0 Å². The molecular formula is C21H41NO. The van der Waals surface area contributed by atoms with Crippen molar-refractivity contribution < 1.29 is 4.74 Å². The lowest BCUT2D eigenvalue weighted by Gasteiger charge is -2.42. The average molecular weight is 324 g/mol. The van der Waals surface area contributed by atoms with E-state index >= 15 is 0 Å². The quantitative estimate of drug-likeness (QED) is 0.639. The highest BCUT2D eigenvalue weighted by atomic mass is 16.5. The zero-order valence-electron chi connectivity index (χ0n) is 16.5. The monoisotopic (exact) mass is 323 g/mol. The molecule has 23 heavy (non-hydrogen) atoms. The van der Waals surface area contributed by atoms with Crippen molar-refractivity contribution in [1.82, 2.24) is 4.90 Å². The number of ether oxygens (including phenoxy) is 1. The van der Waals surface area contributed by atoms with Gasteiger partial charge in [0.25, 0.3) is 0 Å². The lowest BCUT2D eigenvalue weighted by atomic mass is 9.64. The predicted molar refractivity (Wildman–Crippen MR) is 99.8 cm³/mol. The predicted octanol–water partition coefficient (Wildman–Crippen LogP) is 5.51. The van der Waals surface area contributed by atoms with E-state index in [-0.39, 0.29) is 0 Å². The van der Waals surface area contributed by atoms with Crippen LogP contribution in [0, 0.1) is 16.7 Å². The Morgan fingerprint density at radius 1 is 0.870 bits per heavy atom. The molecule has 0 aromatic carbocycles. The van der Waals surface area contributed by atoms with Gasteiger partial charge in [-0.05, 0) is 74.8 Å². The van der Waals surface area contributed by atoms with Crippen molar-refractivity contribution >= 4 is 0 Å². The fraction of sp³-hybridized carbons (Fsp3) is 1.00. The molecule has 1 saturated carbocycles. The summed E-state index contributed by atoms with van der Waals surface area (Å²) in [6, 6.07) is 0. The lowest BCUT2D eigenvalue weighted by molar-refractivity contribution is -0.0138. The molecule has 0 bridgehead atoms. The van der Waals surface area contributed by atoms with Crippen LogP contribution in [0.3, 0.4) is 0 Å². The maximum absolute atomic E-state index is 6.21. The van der Waals surface area contributed by atoms with Crippen LogP contribution in [0.5, 0.6) is 0 Å². The third-order valence-corrected chi connectivity index (χ3v) is 5.98. The topological polar surface area (TPSA) is 12.5 Å². The molecule has 2 fully saturated rings. The molecule has 0 amide bonds. The molecular weight excluding hydrogens is 282 g/mol. The van der Waals surface area contributed by atoms with Gasteiger partial charge in [0.2, 0.25) is 0 Å². The first-order valence-corrected chi connectivity index (χ1v) is 10.1. The van der Waals surface area contributed by atoms with Gasteiger partial charge in [0.1, 0.15) is 0 Å². The molecule has 0 unspecified atom stereocenters. The molecule has 1 aliphatic carbocycles. The summed E-state index contributed by atoms with van der Waals surface area (Å²) in [6.45, 7) is 16.8. The molecule has 0 radical (unpaired) electrons. The fourth-order valence-electron chi connectivity index (χ4n) is 5.05. The maximum atomic E-state index is 6.21. The summed E-state index contributed by atoms with van der Waals surface area (Å²) < 4.78 is 6.21. The van der Waals surface area contributed by atoms with Gasteiger partial charge in [0.15, 0.2) is 0 Å². The first kappa shape index (κ1) is 19.2. The van der Waals surface area contributed by atoms with Crippen LogP contribution in [0.1, 0.15) is 86.0 Å². The van der Waals surface area contributed by atoms with Crippen LogP contribution in [-0.2, 0) is 4.74 Å². The van der Waals surface area contributed by atoms with E-state index in [1.807, 2.05) is 0 Å². The van der Waals surface area contributed by atoms with E-state index in [0.29, 0.717) is 16.9 Å². The van der Waals surface area contributed by atoms with Crippen molar-refractivity contribution in [2.45, 2.75) is 92.1 Å². The molecule has 1 aliphatic heterocycles. The molecule has 2 rings (SSSR count). The minimum Gasteiger partial charge on any atom is -0.377 e. The molecule has 0 spiro atoms. The average Bonchev–Trinajstić information content (AvgIpc) is 2.46. The summed E-state index contributed by atoms with van der Waals surface area (Å²) in [7, 11) is 0. The lowest BCUT2D eigenvalue weighted by Crippen LogP contribution is -2.36. The van der Waals surface area contributed by atoms with Gasteiger partial charge in [0, 0.05) is 6.54 Å². The van der Waals surface area contributed by atoms with E-state index in [1.165, 1.54) is 64.5 Å². The summed E-state index contributed by atoms with van der Waals surface area (Å²) in [6.07, 6.45) is 11.3. The molecule has 0 N–H and O–H groups in total. The Balaban J connectivity index is 1.65. The van der Waals surface area contributed by atoms with E-state index in [1.54, 1.807) is 0 Å². The molecule has 0 aromatic heterocycles. The summed E-state index contributed by atoms with van der Waals surface area (Å²) in [5.74, 6) is 0.878. The van der Waals surface area contributed by atoms with E-state index in [4.69, 9.17) is 4.74 Å². The van der Waals surface area contributed by atoms with Gasteiger partial charge in [-0.3, -0.25) is 0 Å². The second kappa shape index (κ2) is 8.34. The molecule has 1 saturated heterocycles. The molecule has 1 heterocycles. The van der Waals surface area contributed by atoms with Crippen molar-refractivity contribution in [2.24, 2.45) is 16.7 Å². The Labute approximate surface area is 145 Å². The Hall–Kier alpha value is -0.0800. The molecule has 2 heteroatoms. The van der Waals surface area contributed by atoms with Gasteiger partial charge >= 0.3 is 0 Å². The van der Waals surface area contributed by atoms with Crippen molar-refractivity contribution in [2.75, 3.05) is 26.2 Å². The third-order valence-electron chi connectivity index (χ3n) is 5.98.